The summed E-state index contributed by atoms with van der Waals surface area (Å²) in [6.07, 6.45) is 1.44. The summed E-state index contributed by atoms with van der Waals surface area (Å²) in [5.41, 5.74) is 1.32. The Balaban J connectivity index is 2.03. The number of ether oxygens (including phenoxy) is 1. The van der Waals surface area contributed by atoms with Crippen molar-refractivity contribution in [1.29, 1.82) is 0 Å². The van der Waals surface area contributed by atoms with Gasteiger partial charge >= 0.3 is 0 Å². The van der Waals surface area contributed by atoms with Crippen molar-refractivity contribution in [3.8, 4) is 0 Å². The molecule has 2 heteroatoms. The zero-order valence-corrected chi connectivity index (χ0v) is 9.44. The van der Waals surface area contributed by atoms with Crippen LogP contribution in [0, 0.1) is 0 Å². The molecule has 3 unspecified atom stereocenters. The highest BCUT2D eigenvalue weighted by molar-refractivity contribution is 5.19. The molecule has 1 aliphatic heterocycles. The van der Waals surface area contributed by atoms with Crippen LogP contribution in [-0.2, 0) is 4.74 Å². The molecule has 3 atom stereocenters. The van der Waals surface area contributed by atoms with Gasteiger partial charge in [0.1, 0.15) is 0 Å². The number of morpholine rings is 1. The first-order valence-electron chi connectivity index (χ1n) is 5.74. The summed E-state index contributed by atoms with van der Waals surface area (Å²) >= 11 is 0. The molecule has 1 heterocycles. The average Bonchev–Trinajstić information content (AvgIpc) is 2.30. The van der Waals surface area contributed by atoms with Crippen molar-refractivity contribution in [3.05, 3.63) is 35.9 Å². The predicted molar refractivity (Wildman–Crippen MR) is 61.8 cm³/mol. The molecule has 1 N–H and O–H groups in total. The Morgan fingerprint density at radius 3 is 2.67 bits per heavy atom. The van der Waals surface area contributed by atoms with Gasteiger partial charge in [-0.25, -0.2) is 0 Å². The van der Waals surface area contributed by atoms with E-state index in [2.05, 4.69) is 43.4 Å². The van der Waals surface area contributed by atoms with Crippen LogP contribution in [0.15, 0.2) is 30.3 Å². The highest BCUT2D eigenvalue weighted by Gasteiger charge is 2.26. The first kappa shape index (κ1) is 10.7. The van der Waals surface area contributed by atoms with E-state index in [1.54, 1.807) is 0 Å². The molecule has 0 amide bonds. The van der Waals surface area contributed by atoms with Crippen molar-refractivity contribution in [3.63, 3.8) is 0 Å². The van der Waals surface area contributed by atoms with Gasteiger partial charge in [0.2, 0.25) is 0 Å². The van der Waals surface area contributed by atoms with Crippen LogP contribution in [0.25, 0.3) is 0 Å². The zero-order valence-electron chi connectivity index (χ0n) is 9.44. The van der Waals surface area contributed by atoms with Gasteiger partial charge in [0, 0.05) is 6.04 Å². The lowest BCUT2D eigenvalue weighted by atomic mass is 10.0. The summed E-state index contributed by atoms with van der Waals surface area (Å²) in [6.45, 7) is 5.15. The third-order valence-corrected chi connectivity index (χ3v) is 3.10. The summed E-state index contributed by atoms with van der Waals surface area (Å²) in [7, 11) is 0. The maximum absolute atomic E-state index is 5.84. The van der Waals surface area contributed by atoms with Crippen molar-refractivity contribution in [2.75, 3.05) is 6.61 Å². The van der Waals surface area contributed by atoms with Gasteiger partial charge in [-0.1, -0.05) is 37.3 Å². The molecule has 0 radical (unpaired) electrons. The second-order valence-corrected chi connectivity index (χ2v) is 4.20. The largest absolute Gasteiger partial charge is 0.375 e. The van der Waals surface area contributed by atoms with E-state index in [-0.39, 0.29) is 0 Å². The summed E-state index contributed by atoms with van der Waals surface area (Å²) in [5.74, 6) is 0. The Hall–Kier alpha value is -0.860. The highest BCUT2D eigenvalue weighted by Crippen LogP contribution is 2.21. The van der Waals surface area contributed by atoms with E-state index in [4.69, 9.17) is 4.74 Å². The summed E-state index contributed by atoms with van der Waals surface area (Å²) in [5, 5.41) is 3.61. The maximum atomic E-state index is 5.84. The van der Waals surface area contributed by atoms with Gasteiger partial charge in [-0.3, -0.25) is 0 Å². The molecule has 0 saturated carbocycles. The zero-order chi connectivity index (χ0) is 10.7. The van der Waals surface area contributed by atoms with Crippen LogP contribution >= 0.6 is 0 Å². The summed E-state index contributed by atoms with van der Waals surface area (Å²) < 4.78 is 5.84. The second-order valence-electron chi connectivity index (χ2n) is 4.20. The standard InChI is InChI=1S/C13H19NO/c1-3-13-10(2)14-12(9-15-13)11-7-5-4-6-8-11/h4-8,10,12-14H,3,9H2,1-2H3. The molecule has 2 rings (SSSR count). The molecule has 1 aromatic carbocycles. The Labute approximate surface area is 91.6 Å². The van der Waals surface area contributed by atoms with Crippen molar-refractivity contribution in [2.45, 2.75) is 38.5 Å². The van der Waals surface area contributed by atoms with Crippen LogP contribution < -0.4 is 5.32 Å². The molecular weight excluding hydrogens is 186 g/mol. The molecular formula is C13H19NO. The molecule has 82 valence electrons. The van der Waals surface area contributed by atoms with Gasteiger partial charge in [0.15, 0.2) is 0 Å². The molecule has 1 fully saturated rings. The molecule has 0 aliphatic carbocycles. The molecule has 15 heavy (non-hydrogen) atoms. The lowest BCUT2D eigenvalue weighted by molar-refractivity contribution is -0.0249. The minimum atomic E-state index is 0.351. The van der Waals surface area contributed by atoms with Crippen LogP contribution in [0.3, 0.4) is 0 Å². The highest BCUT2D eigenvalue weighted by atomic mass is 16.5. The second kappa shape index (κ2) is 4.77. The third-order valence-electron chi connectivity index (χ3n) is 3.10. The molecule has 0 aromatic heterocycles. The van der Waals surface area contributed by atoms with E-state index in [1.165, 1.54) is 5.56 Å². The van der Waals surface area contributed by atoms with E-state index >= 15 is 0 Å². The van der Waals surface area contributed by atoms with Gasteiger partial charge in [-0.2, -0.15) is 0 Å². The maximum Gasteiger partial charge on any atom is 0.0723 e. The fourth-order valence-electron chi connectivity index (χ4n) is 2.19. The number of rotatable bonds is 2. The average molecular weight is 205 g/mol. The van der Waals surface area contributed by atoms with E-state index in [1.807, 2.05) is 6.07 Å². The smallest absolute Gasteiger partial charge is 0.0723 e. The fourth-order valence-corrected chi connectivity index (χ4v) is 2.19. The van der Waals surface area contributed by atoms with Crippen molar-refractivity contribution in [2.24, 2.45) is 0 Å². The molecule has 1 aromatic rings. The Morgan fingerprint density at radius 2 is 2.07 bits per heavy atom. The van der Waals surface area contributed by atoms with Gasteiger partial charge < -0.3 is 10.1 Å². The predicted octanol–water partition coefficient (Wildman–Crippen LogP) is 2.51. The minimum Gasteiger partial charge on any atom is -0.375 e. The van der Waals surface area contributed by atoms with Crippen LogP contribution in [0.1, 0.15) is 31.9 Å². The van der Waals surface area contributed by atoms with Crippen molar-refractivity contribution >= 4 is 0 Å². The SMILES string of the molecule is CCC1OCC(c2ccccc2)NC1C. The van der Waals surface area contributed by atoms with E-state index in [9.17, 15) is 0 Å². The third kappa shape index (κ3) is 2.39. The summed E-state index contributed by atoms with van der Waals surface area (Å²) in [6, 6.07) is 11.3. The lowest BCUT2D eigenvalue weighted by Crippen LogP contribution is -2.47. The Morgan fingerprint density at radius 1 is 1.33 bits per heavy atom. The molecule has 1 aliphatic rings. The van der Waals surface area contributed by atoms with Crippen LogP contribution in [-0.4, -0.2) is 18.8 Å². The topological polar surface area (TPSA) is 21.3 Å². The molecule has 0 spiro atoms. The van der Waals surface area contributed by atoms with Gasteiger partial charge in [-0.15, -0.1) is 0 Å². The number of nitrogens with one attached hydrogen (secondary N) is 1. The van der Waals surface area contributed by atoms with Crippen molar-refractivity contribution in [1.82, 2.24) is 5.32 Å². The number of hydrogen-bond acceptors (Lipinski definition) is 2. The van der Waals surface area contributed by atoms with Crippen LogP contribution in [0.2, 0.25) is 0 Å². The summed E-state index contributed by atoms with van der Waals surface area (Å²) in [4.78, 5) is 0. The van der Waals surface area contributed by atoms with E-state index in [0.29, 0.717) is 18.2 Å². The van der Waals surface area contributed by atoms with Gasteiger partial charge in [-0.05, 0) is 18.9 Å². The van der Waals surface area contributed by atoms with Crippen LogP contribution in [0.5, 0.6) is 0 Å². The van der Waals surface area contributed by atoms with E-state index in [0.717, 1.165) is 13.0 Å². The Bertz CT molecular complexity index is 299. The fraction of sp³-hybridized carbons (Fsp3) is 0.538. The Kier molecular flexibility index (Phi) is 3.39. The quantitative estimate of drug-likeness (QED) is 0.801. The molecule has 2 nitrogen and oxygen atoms in total. The molecule has 0 bridgehead atoms. The first-order chi connectivity index (χ1) is 7.31. The number of benzene rings is 1. The minimum absolute atomic E-state index is 0.351. The first-order valence-corrected chi connectivity index (χ1v) is 5.74. The van der Waals surface area contributed by atoms with E-state index < -0.39 is 0 Å². The van der Waals surface area contributed by atoms with Crippen molar-refractivity contribution < 1.29 is 4.74 Å². The van der Waals surface area contributed by atoms with Gasteiger partial charge in [0.25, 0.3) is 0 Å². The van der Waals surface area contributed by atoms with Gasteiger partial charge in [0.05, 0.1) is 18.8 Å². The number of hydrogen-bond donors (Lipinski definition) is 1. The monoisotopic (exact) mass is 205 g/mol. The molecule has 1 saturated heterocycles. The lowest BCUT2D eigenvalue weighted by Gasteiger charge is -2.35. The van der Waals surface area contributed by atoms with Crippen LogP contribution in [0.4, 0.5) is 0 Å². The normalized spacial score (nSPS) is 31.5.